The third-order valence-electron chi connectivity index (χ3n) is 4.65. The minimum absolute atomic E-state index is 0.179. The molecule has 0 aliphatic heterocycles. The van der Waals surface area contributed by atoms with Crippen LogP contribution in [0.4, 0.5) is 4.79 Å². The van der Waals surface area contributed by atoms with E-state index in [2.05, 4.69) is 20.2 Å². The molecule has 0 unspecified atom stereocenters. The number of imidazole rings is 1. The molecule has 1 saturated carbocycles. The van der Waals surface area contributed by atoms with Gasteiger partial charge < -0.3 is 20.3 Å². The summed E-state index contributed by atoms with van der Waals surface area (Å²) in [4.78, 5) is 16.0. The lowest BCUT2D eigenvalue weighted by Crippen LogP contribution is -2.46. The molecular formula is C17H30N4O2. The van der Waals surface area contributed by atoms with Crippen LogP contribution in [-0.2, 0) is 6.54 Å². The molecule has 2 rings (SSSR count). The van der Waals surface area contributed by atoms with Gasteiger partial charge in [0, 0.05) is 32.0 Å². The quantitative estimate of drug-likeness (QED) is 0.532. The molecule has 0 saturated heterocycles. The summed E-state index contributed by atoms with van der Waals surface area (Å²) in [5.41, 5.74) is -0.715. The number of carbonyl (C=O) groups is 1. The number of aromatic nitrogens is 2. The van der Waals surface area contributed by atoms with Gasteiger partial charge in [-0.15, -0.1) is 0 Å². The number of hydrogen-bond donors (Lipinski definition) is 3. The van der Waals surface area contributed by atoms with Crippen molar-refractivity contribution in [1.29, 1.82) is 0 Å². The lowest BCUT2D eigenvalue weighted by molar-refractivity contribution is 0.0277. The Morgan fingerprint density at radius 3 is 2.65 bits per heavy atom. The Morgan fingerprint density at radius 1 is 1.26 bits per heavy atom. The molecule has 0 bridgehead atoms. The fraction of sp³-hybridized carbons (Fsp3) is 0.765. The summed E-state index contributed by atoms with van der Waals surface area (Å²) < 4.78 is 2.11. The van der Waals surface area contributed by atoms with Crippen LogP contribution < -0.4 is 10.6 Å². The molecule has 0 radical (unpaired) electrons. The van der Waals surface area contributed by atoms with Crippen LogP contribution in [0.2, 0.25) is 0 Å². The van der Waals surface area contributed by atoms with Gasteiger partial charge in [0.25, 0.3) is 0 Å². The standard InChI is InChI=1S/C17H30N4O2/c1-15-18-11-13-21(15)12-7-6-10-19-16(22)20-14-17(23)8-4-2-3-5-9-17/h11,13,23H,2-10,12,14H2,1H3,(H2,19,20,22). The third kappa shape index (κ3) is 6.22. The Kier molecular flexibility index (Phi) is 6.89. The predicted octanol–water partition coefficient (Wildman–Crippen LogP) is 2.36. The molecule has 6 nitrogen and oxygen atoms in total. The van der Waals surface area contributed by atoms with Crippen LogP contribution in [0, 0.1) is 6.92 Å². The summed E-state index contributed by atoms with van der Waals surface area (Å²) in [6.45, 7) is 3.92. The first-order chi connectivity index (χ1) is 11.1. The normalized spacial score (nSPS) is 17.5. The van der Waals surface area contributed by atoms with Crippen molar-refractivity contribution < 1.29 is 9.90 Å². The first-order valence-corrected chi connectivity index (χ1v) is 8.81. The van der Waals surface area contributed by atoms with Crippen molar-refractivity contribution in [2.24, 2.45) is 0 Å². The van der Waals surface area contributed by atoms with E-state index in [9.17, 15) is 9.90 Å². The van der Waals surface area contributed by atoms with Crippen LogP contribution in [-0.4, -0.2) is 39.4 Å². The van der Waals surface area contributed by atoms with Crippen molar-refractivity contribution in [3.63, 3.8) is 0 Å². The zero-order valence-electron chi connectivity index (χ0n) is 14.2. The molecule has 3 N–H and O–H groups in total. The topological polar surface area (TPSA) is 79.2 Å². The van der Waals surface area contributed by atoms with Crippen LogP contribution in [0.15, 0.2) is 12.4 Å². The number of carbonyl (C=O) groups excluding carboxylic acids is 1. The summed E-state index contributed by atoms with van der Waals surface area (Å²) in [6.07, 6.45) is 11.8. The van der Waals surface area contributed by atoms with E-state index >= 15 is 0 Å². The summed E-state index contributed by atoms with van der Waals surface area (Å²) in [5, 5.41) is 16.2. The summed E-state index contributed by atoms with van der Waals surface area (Å²) >= 11 is 0. The van der Waals surface area contributed by atoms with Gasteiger partial charge in [0.1, 0.15) is 5.82 Å². The minimum atomic E-state index is -0.715. The van der Waals surface area contributed by atoms with Gasteiger partial charge in [-0.3, -0.25) is 0 Å². The first-order valence-electron chi connectivity index (χ1n) is 8.81. The minimum Gasteiger partial charge on any atom is -0.388 e. The molecule has 0 spiro atoms. The number of aliphatic hydroxyl groups is 1. The number of rotatable bonds is 7. The Balaban J connectivity index is 1.55. The van der Waals surface area contributed by atoms with E-state index < -0.39 is 5.60 Å². The Hall–Kier alpha value is -1.56. The summed E-state index contributed by atoms with van der Waals surface area (Å²) in [6, 6.07) is -0.179. The summed E-state index contributed by atoms with van der Waals surface area (Å²) in [7, 11) is 0. The van der Waals surface area contributed by atoms with E-state index in [0.717, 1.165) is 50.9 Å². The van der Waals surface area contributed by atoms with E-state index in [1.807, 2.05) is 13.1 Å². The maximum absolute atomic E-state index is 11.8. The van der Waals surface area contributed by atoms with Gasteiger partial charge >= 0.3 is 6.03 Å². The molecule has 1 aliphatic rings. The smallest absolute Gasteiger partial charge is 0.314 e. The number of nitrogens with zero attached hydrogens (tertiary/aromatic N) is 2. The van der Waals surface area contributed by atoms with E-state index in [1.165, 1.54) is 12.8 Å². The number of hydrogen-bond acceptors (Lipinski definition) is 3. The predicted molar refractivity (Wildman–Crippen MR) is 90.3 cm³/mol. The Bertz CT molecular complexity index is 479. The first kappa shape index (κ1) is 17.8. The van der Waals surface area contributed by atoms with E-state index in [1.54, 1.807) is 6.20 Å². The van der Waals surface area contributed by atoms with Gasteiger partial charge in [0.2, 0.25) is 0 Å². The van der Waals surface area contributed by atoms with E-state index in [-0.39, 0.29) is 6.03 Å². The molecule has 1 aromatic rings. The number of unbranched alkanes of at least 4 members (excludes halogenated alkanes) is 1. The second-order valence-electron chi connectivity index (χ2n) is 6.62. The second-order valence-corrected chi connectivity index (χ2v) is 6.62. The molecule has 1 aliphatic carbocycles. The molecule has 130 valence electrons. The molecule has 2 amide bonds. The SMILES string of the molecule is Cc1nccn1CCCCNC(=O)NCC1(O)CCCCCC1. The molecule has 1 aromatic heterocycles. The maximum Gasteiger partial charge on any atom is 0.314 e. The molecule has 1 heterocycles. The van der Waals surface area contributed by atoms with Gasteiger partial charge in [-0.1, -0.05) is 25.7 Å². The fourth-order valence-electron chi connectivity index (χ4n) is 3.12. The van der Waals surface area contributed by atoms with Crippen molar-refractivity contribution in [3.05, 3.63) is 18.2 Å². The lowest BCUT2D eigenvalue weighted by atomic mass is 9.95. The zero-order chi connectivity index (χ0) is 16.5. The average Bonchev–Trinajstić information content (AvgIpc) is 2.81. The van der Waals surface area contributed by atoms with Crippen LogP contribution in [0.3, 0.4) is 0 Å². The lowest BCUT2D eigenvalue weighted by Gasteiger charge is -2.26. The molecule has 0 aromatic carbocycles. The van der Waals surface area contributed by atoms with Gasteiger partial charge in [-0.25, -0.2) is 9.78 Å². The van der Waals surface area contributed by atoms with E-state index in [4.69, 9.17) is 0 Å². The summed E-state index contributed by atoms with van der Waals surface area (Å²) in [5.74, 6) is 1.02. The van der Waals surface area contributed by atoms with Gasteiger partial charge in [0.15, 0.2) is 0 Å². The molecule has 1 fully saturated rings. The molecule has 23 heavy (non-hydrogen) atoms. The van der Waals surface area contributed by atoms with Crippen molar-refractivity contribution in [3.8, 4) is 0 Å². The van der Waals surface area contributed by atoms with Crippen molar-refractivity contribution in [1.82, 2.24) is 20.2 Å². The maximum atomic E-state index is 11.8. The van der Waals surface area contributed by atoms with Crippen molar-refractivity contribution in [2.45, 2.75) is 70.4 Å². The van der Waals surface area contributed by atoms with Crippen LogP contribution in [0.5, 0.6) is 0 Å². The molecular weight excluding hydrogens is 292 g/mol. The number of nitrogens with one attached hydrogen (secondary N) is 2. The number of urea groups is 1. The number of amides is 2. The third-order valence-corrected chi connectivity index (χ3v) is 4.65. The fourth-order valence-corrected chi connectivity index (χ4v) is 3.12. The highest BCUT2D eigenvalue weighted by molar-refractivity contribution is 5.73. The Morgan fingerprint density at radius 2 is 2.00 bits per heavy atom. The molecule has 0 atom stereocenters. The van der Waals surface area contributed by atoms with Crippen LogP contribution >= 0.6 is 0 Å². The van der Waals surface area contributed by atoms with Crippen molar-refractivity contribution >= 4 is 6.03 Å². The van der Waals surface area contributed by atoms with Gasteiger partial charge in [-0.05, 0) is 32.6 Å². The largest absolute Gasteiger partial charge is 0.388 e. The van der Waals surface area contributed by atoms with Crippen LogP contribution in [0.1, 0.15) is 57.2 Å². The number of aryl methyl sites for hydroxylation is 2. The Labute approximate surface area is 138 Å². The highest BCUT2D eigenvalue weighted by Gasteiger charge is 2.28. The van der Waals surface area contributed by atoms with E-state index in [0.29, 0.717) is 13.1 Å². The van der Waals surface area contributed by atoms with Crippen LogP contribution in [0.25, 0.3) is 0 Å². The van der Waals surface area contributed by atoms with Gasteiger partial charge in [0.05, 0.1) is 5.60 Å². The monoisotopic (exact) mass is 322 g/mol. The molecule has 6 heteroatoms. The van der Waals surface area contributed by atoms with Gasteiger partial charge in [-0.2, -0.15) is 0 Å². The van der Waals surface area contributed by atoms with Crippen molar-refractivity contribution in [2.75, 3.05) is 13.1 Å². The highest BCUT2D eigenvalue weighted by Crippen LogP contribution is 2.26. The highest BCUT2D eigenvalue weighted by atomic mass is 16.3. The zero-order valence-corrected chi connectivity index (χ0v) is 14.2. The average molecular weight is 322 g/mol. The second kappa shape index (κ2) is 8.91.